The van der Waals surface area contributed by atoms with Crippen LogP contribution in [0, 0.1) is 0 Å². The number of anilines is 3. The third kappa shape index (κ3) is 7.52. The van der Waals surface area contributed by atoms with Crippen molar-refractivity contribution in [3.8, 4) is 39.9 Å². The number of aromatic nitrogens is 4. The van der Waals surface area contributed by atoms with E-state index in [9.17, 15) is 0 Å². The molecule has 0 amide bonds. The number of allylic oxidation sites excluding steroid dienone is 10. The predicted octanol–water partition coefficient (Wildman–Crippen LogP) is 14.3. The van der Waals surface area contributed by atoms with E-state index in [2.05, 4.69) is 161 Å². The zero-order valence-corrected chi connectivity index (χ0v) is 33.9. The third-order valence-electron chi connectivity index (χ3n) is 11.1. The average molecular weight is 790 g/mol. The van der Waals surface area contributed by atoms with Gasteiger partial charge in [0, 0.05) is 39.6 Å². The Bertz CT molecular complexity index is 3000. The van der Waals surface area contributed by atoms with Crippen molar-refractivity contribution in [1.82, 2.24) is 19.5 Å². The normalized spacial score (nSPS) is 14.1. The Morgan fingerprint density at radius 3 is 2.13 bits per heavy atom. The van der Waals surface area contributed by atoms with Crippen LogP contribution in [-0.2, 0) is 6.42 Å². The summed E-state index contributed by atoms with van der Waals surface area (Å²) in [5.74, 6) is 2.75. The fraction of sp³-hybridized carbons (Fsp3) is 0.0727. The van der Waals surface area contributed by atoms with Gasteiger partial charge in [0.25, 0.3) is 0 Å². The molecule has 0 spiro atoms. The fourth-order valence-corrected chi connectivity index (χ4v) is 8.19. The van der Waals surface area contributed by atoms with Crippen LogP contribution < -0.4 is 4.90 Å². The van der Waals surface area contributed by atoms with E-state index in [1.807, 2.05) is 61.6 Å². The van der Waals surface area contributed by atoms with Gasteiger partial charge < -0.3 is 9.32 Å². The van der Waals surface area contributed by atoms with Crippen molar-refractivity contribution in [1.29, 1.82) is 0 Å². The molecule has 61 heavy (non-hydrogen) atoms. The van der Waals surface area contributed by atoms with Gasteiger partial charge >= 0.3 is 0 Å². The topological polar surface area (TPSA) is 60.0 Å². The molecule has 2 aliphatic carbocycles. The van der Waals surface area contributed by atoms with Crippen LogP contribution in [-0.4, -0.2) is 19.5 Å². The highest BCUT2D eigenvalue weighted by atomic mass is 16.4. The second kappa shape index (κ2) is 16.8. The first kappa shape index (κ1) is 37.4. The van der Waals surface area contributed by atoms with Gasteiger partial charge in [0.1, 0.15) is 11.5 Å². The van der Waals surface area contributed by atoms with Gasteiger partial charge in [0.05, 0.1) is 16.9 Å². The first-order chi connectivity index (χ1) is 30.2. The molecule has 2 aliphatic rings. The molecule has 0 unspecified atom stereocenters. The summed E-state index contributed by atoms with van der Waals surface area (Å²) < 4.78 is 9.13. The summed E-state index contributed by atoms with van der Waals surface area (Å²) in [6.07, 6.45) is 25.3. The van der Waals surface area contributed by atoms with E-state index in [4.69, 9.17) is 19.4 Å². The molecule has 6 heteroatoms. The van der Waals surface area contributed by atoms with Gasteiger partial charge in [-0.1, -0.05) is 134 Å². The first-order valence-corrected chi connectivity index (χ1v) is 20.8. The Balaban J connectivity index is 1.17. The summed E-state index contributed by atoms with van der Waals surface area (Å²) in [6.45, 7) is 2.00. The van der Waals surface area contributed by atoms with Gasteiger partial charge in [-0.15, -0.1) is 0 Å². The third-order valence-corrected chi connectivity index (χ3v) is 11.1. The van der Waals surface area contributed by atoms with Crippen LogP contribution in [0.3, 0.4) is 0 Å². The molecule has 0 atom stereocenters. The zero-order valence-electron chi connectivity index (χ0n) is 33.9. The molecular formula is C55H43N5O. The lowest BCUT2D eigenvalue weighted by molar-refractivity contribution is 0.583. The Labute approximate surface area is 356 Å². The van der Waals surface area contributed by atoms with Crippen molar-refractivity contribution in [2.45, 2.75) is 26.2 Å². The van der Waals surface area contributed by atoms with E-state index in [-0.39, 0.29) is 0 Å². The van der Waals surface area contributed by atoms with E-state index >= 15 is 0 Å². The average Bonchev–Trinajstić information content (AvgIpc) is 3.72. The maximum absolute atomic E-state index is 6.88. The van der Waals surface area contributed by atoms with Crippen LogP contribution in [0.25, 0.3) is 68.5 Å². The van der Waals surface area contributed by atoms with Crippen molar-refractivity contribution >= 4 is 45.7 Å². The highest BCUT2D eigenvalue weighted by Crippen LogP contribution is 2.43. The lowest BCUT2D eigenvalue weighted by Gasteiger charge is -2.25. The molecule has 3 heterocycles. The number of fused-ring (bicyclic) bond motifs is 5. The molecule has 0 saturated heterocycles. The van der Waals surface area contributed by atoms with Crippen LogP contribution >= 0.6 is 0 Å². The Morgan fingerprint density at radius 1 is 0.656 bits per heavy atom. The smallest absolute Gasteiger partial charge is 0.227 e. The minimum absolute atomic E-state index is 0.608. The minimum Gasteiger partial charge on any atom is -0.434 e. The summed E-state index contributed by atoms with van der Waals surface area (Å²) in [5.41, 5.74) is 12.4. The van der Waals surface area contributed by atoms with Gasteiger partial charge in [-0.3, -0.25) is 4.57 Å². The highest BCUT2D eigenvalue weighted by Gasteiger charge is 2.28. The van der Waals surface area contributed by atoms with Crippen molar-refractivity contribution in [3.05, 3.63) is 217 Å². The molecule has 0 radical (unpaired) electrons. The summed E-state index contributed by atoms with van der Waals surface area (Å²) >= 11 is 0. The van der Waals surface area contributed by atoms with Crippen LogP contribution in [0.2, 0.25) is 0 Å². The summed E-state index contributed by atoms with van der Waals surface area (Å²) in [5, 5.41) is 1.10. The van der Waals surface area contributed by atoms with Gasteiger partial charge in [-0.25, -0.2) is 15.0 Å². The molecule has 0 aliphatic heterocycles. The van der Waals surface area contributed by atoms with Crippen molar-refractivity contribution in [2.75, 3.05) is 4.90 Å². The van der Waals surface area contributed by atoms with Gasteiger partial charge in [-0.05, 0) is 110 Å². The number of rotatable bonds is 9. The largest absolute Gasteiger partial charge is 0.434 e. The molecule has 0 bridgehead atoms. The first-order valence-electron chi connectivity index (χ1n) is 20.8. The summed E-state index contributed by atoms with van der Waals surface area (Å²) in [7, 11) is 0. The molecular weight excluding hydrogens is 747 g/mol. The molecule has 0 saturated carbocycles. The minimum atomic E-state index is 0.608. The number of para-hydroxylation sites is 2. The molecule has 294 valence electrons. The Morgan fingerprint density at radius 2 is 1.38 bits per heavy atom. The van der Waals surface area contributed by atoms with Gasteiger partial charge in [0.15, 0.2) is 11.6 Å². The Kier molecular flexibility index (Phi) is 10.3. The van der Waals surface area contributed by atoms with Crippen molar-refractivity contribution < 1.29 is 4.42 Å². The summed E-state index contributed by atoms with van der Waals surface area (Å²) in [6, 6.07) is 48.9. The van der Waals surface area contributed by atoms with Crippen LogP contribution in [0.5, 0.6) is 0 Å². The van der Waals surface area contributed by atoms with E-state index in [1.165, 1.54) is 0 Å². The number of hydrogen-bond acceptors (Lipinski definition) is 5. The fourth-order valence-electron chi connectivity index (χ4n) is 8.19. The maximum atomic E-state index is 6.88. The van der Waals surface area contributed by atoms with E-state index in [1.54, 1.807) is 0 Å². The number of benzene rings is 5. The van der Waals surface area contributed by atoms with Gasteiger partial charge in [-0.2, -0.15) is 0 Å². The predicted molar refractivity (Wildman–Crippen MR) is 252 cm³/mol. The molecule has 8 aromatic rings. The molecule has 5 aromatic carbocycles. The summed E-state index contributed by atoms with van der Waals surface area (Å²) in [4.78, 5) is 17.7. The number of aryl methyl sites for hydroxylation is 1. The van der Waals surface area contributed by atoms with E-state index in [0.29, 0.717) is 11.7 Å². The lowest BCUT2D eigenvalue weighted by Crippen LogP contribution is -2.09. The molecule has 0 N–H and O–H groups in total. The second-order valence-electron chi connectivity index (χ2n) is 15.0. The second-order valence-corrected chi connectivity index (χ2v) is 15.0. The van der Waals surface area contributed by atoms with Crippen molar-refractivity contribution in [3.63, 3.8) is 0 Å². The van der Waals surface area contributed by atoms with Gasteiger partial charge in [0.2, 0.25) is 5.89 Å². The lowest BCUT2D eigenvalue weighted by atomic mass is 9.99. The van der Waals surface area contributed by atoms with Crippen molar-refractivity contribution in [2.24, 2.45) is 0 Å². The molecule has 6 nitrogen and oxygen atoms in total. The Hall–Kier alpha value is -7.83. The number of hydrogen-bond donors (Lipinski definition) is 0. The zero-order chi connectivity index (χ0) is 41.0. The molecule has 3 aromatic heterocycles. The molecule has 10 rings (SSSR count). The highest BCUT2D eigenvalue weighted by molar-refractivity contribution is 6.01. The van der Waals surface area contributed by atoms with Crippen LogP contribution in [0.15, 0.2) is 199 Å². The maximum Gasteiger partial charge on any atom is 0.227 e. The SMILES string of the molecule is C/C=C\C=C\c1nc(C2=CC=CC=CC2)cc(-n2c3c(c4cc(-c5ccc(N(c6ccccc6)c6ccccc6)cc5)ccc42)/C=C\CCc2nc(-c4ccccc4)oc2-3)n1. The number of nitrogens with zero attached hydrogens (tertiary/aromatic N) is 5. The van der Waals surface area contributed by atoms with Crippen LogP contribution in [0.4, 0.5) is 17.1 Å². The molecule has 0 fully saturated rings. The van der Waals surface area contributed by atoms with E-state index < -0.39 is 0 Å². The van der Waals surface area contributed by atoms with Crippen LogP contribution in [0.1, 0.15) is 42.5 Å². The standard InChI is InChI=1S/C55H43N5O/c1-2-3-9-30-51-56-49(40-20-10-4-5-11-21-40)38-52(58-51)60-50-36-33-42(39-31-34-45(35-32-39)59(43-24-14-7-15-25-43)44-26-16-8-17-27-44)37-47(50)46-28-18-19-29-48-54(53(46)60)61-55(57-48)41-22-12-6-13-23-41/h2-18,20,22-28,30-38H,19,21,29H2,1H3/b3-2-,28-18-,30-9+. The monoisotopic (exact) mass is 789 g/mol. The number of oxazole rings is 1. The van der Waals surface area contributed by atoms with E-state index in [0.717, 1.165) is 104 Å². The quantitative estimate of drug-likeness (QED) is 0.136.